The molecule has 2 nitrogen and oxygen atoms in total. The van der Waals surface area contributed by atoms with Crippen molar-refractivity contribution >= 4 is 0 Å². The molecule has 0 bridgehead atoms. The van der Waals surface area contributed by atoms with Crippen LogP contribution >= 0.6 is 0 Å². The van der Waals surface area contributed by atoms with Crippen molar-refractivity contribution in [2.24, 2.45) is 0 Å². The lowest BCUT2D eigenvalue weighted by atomic mass is 10.1. The van der Waals surface area contributed by atoms with E-state index >= 15 is 0 Å². The average Bonchev–Trinajstić information content (AvgIpc) is 2.12. The Morgan fingerprint density at radius 3 is 2.69 bits per heavy atom. The lowest BCUT2D eigenvalue weighted by Gasteiger charge is -2.11. The minimum atomic E-state index is 0.228. The van der Waals surface area contributed by atoms with E-state index < -0.39 is 0 Å². The first kappa shape index (κ1) is 12.7. The van der Waals surface area contributed by atoms with Gasteiger partial charge in [0.1, 0.15) is 0 Å². The zero-order valence-corrected chi connectivity index (χ0v) is 9.05. The van der Waals surface area contributed by atoms with Gasteiger partial charge in [-0.3, -0.25) is 0 Å². The van der Waals surface area contributed by atoms with Gasteiger partial charge in [-0.25, -0.2) is 0 Å². The summed E-state index contributed by atoms with van der Waals surface area (Å²) in [6.45, 7) is 4.44. The molecule has 0 saturated carbocycles. The van der Waals surface area contributed by atoms with Crippen LogP contribution in [0.25, 0.3) is 0 Å². The summed E-state index contributed by atoms with van der Waals surface area (Å²) in [6, 6.07) is 0. The third kappa shape index (κ3) is 6.79. The molecule has 0 rings (SSSR count). The van der Waals surface area contributed by atoms with Crippen LogP contribution in [-0.2, 0) is 4.74 Å². The number of aliphatic hydroxyl groups excluding tert-OH is 1. The van der Waals surface area contributed by atoms with Crippen LogP contribution in [-0.4, -0.2) is 24.9 Å². The maximum Gasteiger partial charge on any atom is 0.0754 e. The maximum absolute atomic E-state index is 8.72. The zero-order chi connectivity index (χ0) is 10.1. The fourth-order valence-corrected chi connectivity index (χ4v) is 1.25. The fraction of sp³-hybridized carbons (Fsp3) is 0.818. The maximum atomic E-state index is 8.72. The first-order valence-electron chi connectivity index (χ1n) is 5.05. The third-order valence-corrected chi connectivity index (χ3v) is 2.12. The molecule has 2 heteroatoms. The Labute approximate surface area is 81.6 Å². The van der Waals surface area contributed by atoms with E-state index in [0.717, 1.165) is 12.8 Å². The van der Waals surface area contributed by atoms with Crippen LogP contribution < -0.4 is 0 Å². The molecule has 0 aromatic rings. The Morgan fingerprint density at radius 1 is 1.54 bits per heavy atom. The molecule has 1 N–H and O–H groups in total. The smallest absolute Gasteiger partial charge is 0.0754 e. The van der Waals surface area contributed by atoms with Gasteiger partial charge in [-0.2, -0.15) is 0 Å². The van der Waals surface area contributed by atoms with E-state index in [9.17, 15) is 0 Å². The standard InChI is InChI=1S/C11H22O2/c1-4-5-6-11(13-3)9-10(2)7-8-12/h9,11-12H,4-8H2,1-3H3. The van der Waals surface area contributed by atoms with Gasteiger partial charge in [-0.15, -0.1) is 0 Å². The first-order chi connectivity index (χ1) is 6.24. The molecule has 0 radical (unpaired) electrons. The highest BCUT2D eigenvalue weighted by molar-refractivity contribution is 5.02. The van der Waals surface area contributed by atoms with Gasteiger partial charge in [0.05, 0.1) is 6.10 Å². The van der Waals surface area contributed by atoms with Crippen LogP contribution in [0.15, 0.2) is 11.6 Å². The van der Waals surface area contributed by atoms with Gasteiger partial charge in [0.2, 0.25) is 0 Å². The van der Waals surface area contributed by atoms with Gasteiger partial charge in [0.25, 0.3) is 0 Å². The monoisotopic (exact) mass is 186 g/mol. The molecule has 0 heterocycles. The molecule has 0 saturated heterocycles. The molecule has 0 aromatic carbocycles. The normalized spacial score (nSPS) is 14.6. The highest BCUT2D eigenvalue weighted by Crippen LogP contribution is 2.09. The molecular weight excluding hydrogens is 164 g/mol. The molecule has 0 amide bonds. The Morgan fingerprint density at radius 2 is 2.23 bits per heavy atom. The highest BCUT2D eigenvalue weighted by Gasteiger charge is 2.02. The van der Waals surface area contributed by atoms with E-state index in [4.69, 9.17) is 9.84 Å². The summed E-state index contributed by atoms with van der Waals surface area (Å²) in [4.78, 5) is 0. The molecular formula is C11H22O2. The Balaban J connectivity index is 3.86. The van der Waals surface area contributed by atoms with Gasteiger partial charge in [-0.05, 0) is 19.8 Å². The second kappa shape index (κ2) is 8.27. The van der Waals surface area contributed by atoms with E-state index in [1.807, 2.05) is 6.92 Å². The minimum Gasteiger partial charge on any atom is -0.396 e. The lowest BCUT2D eigenvalue weighted by molar-refractivity contribution is 0.130. The van der Waals surface area contributed by atoms with Crippen molar-refractivity contribution in [2.45, 2.75) is 45.6 Å². The Bertz CT molecular complexity index is 141. The molecule has 0 aliphatic carbocycles. The van der Waals surface area contributed by atoms with Gasteiger partial charge < -0.3 is 9.84 Å². The molecule has 0 aliphatic rings. The van der Waals surface area contributed by atoms with Crippen molar-refractivity contribution < 1.29 is 9.84 Å². The molecule has 1 atom stereocenters. The largest absolute Gasteiger partial charge is 0.396 e. The Kier molecular flexibility index (Phi) is 8.05. The first-order valence-corrected chi connectivity index (χ1v) is 5.05. The molecule has 0 aliphatic heterocycles. The van der Waals surface area contributed by atoms with Crippen molar-refractivity contribution in [3.63, 3.8) is 0 Å². The van der Waals surface area contributed by atoms with Crippen molar-refractivity contribution in [1.82, 2.24) is 0 Å². The number of rotatable bonds is 7. The van der Waals surface area contributed by atoms with Crippen molar-refractivity contribution in [2.75, 3.05) is 13.7 Å². The fourth-order valence-electron chi connectivity index (χ4n) is 1.25. The zero-order valence-electron chi connectivity index (χ0n) is 9.05. The summed E-state index contributed by atoms with van der Waals surface area (Å²) in [5.41, 5.74) is 1.21. The molecule has 1 unspecified atom stereocenters. The van der Waals surface area contributed by atoms with Crippen molar-refractivity contribution in [3.8, 4) is 0 Å². The van der Waals surface area contributed by atoms with Crippen LogP contribution in [0.4, 0.5) is 0 Å². The molecule has 0 fully saturated rings. The van der Waals surface area contributed by atoms with Crippen LogP contribution in [0.1, 0.15) is 39.5 Å². The summed E-state index contributed by atoms with van der Waals surface area (Å²) < 4.78 is 5.31. The van der Waals surface area contributed by atoms with Crippen LogP contribution in [0.2, 0.25) is 0 Å². The minimum absolute atomic E-state index is 0.228. The van der Waals surface area contributed by atoms with E-state index in [1.165, 1.54) is 18.4 Å². The summed E-state index contributed by atoms with van der Waals surface area (Å²) in [7, 11) is 1.74. The van der Waals surface area contributed by atoms with E-state index in [2.05, 4.69) is 13.0 Å². The highest BCUT2D eigenvalue weighted by atomic mass is 16.5. The van der Waals surface area contributed by atoms with Gasteiger partial charge in [0.15, 0.2) is 0 Å². The molecule has 0 spiro atoms. The van der Waals surface area contributed by atoms with Crippen LogP contribution in [0, 0.1) is 0 Å². The summed E-state index contributed by atoms with van der Waals surface area (Å²) in [5, 5.41) is 8.72. The molecule has 13 heavy (non-hydrogen) atoms. The Hall–Kier alpha value is -0.340. The third-order valence-electron chi connectivity index (χ3n) is 2.12. The predicted octanol–water partition coefficient (Wildman–Crippen LogP) is 2.52. The van der Waals surface area contributed by atoms with Crippen LogP contribution in [0.3, 0.4) is 0 Å². The van der Waals surface area contributed by atoms with E-state index in [0.29, 0.717) is 0 Å². The lowest BCUT2D eigenvalue weighted by Crippen LogP contribution is -2.07. The van der Waals surface area contributed by atoms with E-state index in [1.54, 1.807) is 7.11 Å². The number of unbranched alkanes of at least 4 members (excludes halogenated alkanes) is 1. The van der Waals surface area contributed by atoms with Crippen LogP contribution in [0.5, 0.6) is 0 Å². The number of methoxy groups -OCH3 is 1. The summed E-state index contributed by atoms with van der Waals surface area (Å²) in [6.07, 6.45) is 6.58. The number of hydrogen-bond acceptors (Lipinski definition) is 2. The molecule has 78 valence electrons. The SMILES string of the molecule is CCCCC(C=C(C)CCO)OC. The number of hydrogen-bond donors (Lipinski definition) is 1. The van der Waals surface area contributed by atoms with Crippen molar-refractivity contribution in [1.29, 1.82) is 0 Å². The number of ether oxygens (including phenoxy) is 1. The average molecular weight is 186 g/mol. The van der Waals surface area contributed by atoms with Gasteiger partial charge in [-0.1, -0.05) is 31.4 Å². The van der Waals surface area contributed by atoms with Gasteiger partial charge >= 0.3 is 0 Å². The summed E-state index contributed by atoms with van der Waals surface area (Å²) >= 11 is 0. The molecule has 0 aromatic heterocycles. The van der Waals surface area contributed by atoms with Gasteiger partial charge in [0, 0.05) is 13.7 Å². The van der Waals surface area contributed by atoms with E-state index in [-0.39, 0.29) is 12.7 Å². The second-order valence-electron chi connectivity index (χ2n) is 3.40. The summed E-state index contributed by atoms with van der Waals surface area (Å²) in [5.74, 6) is 0. The number of aliphatic hydroxyl groups is 1. The van der Waals surface area contributed by atoms with Crippen molar-refractivity contribution in [3.05, 3.63) is 11.6 Å². The topological polar surface area (TPSA) is 29.5 Å². The second-order valence-corrected chi connectivity index (χ2v) is 3.40. The quantitative estimate of drug-likeness (QED) is 0.619. The predicted molar refractivity (Wildman–Crippen MR) is 55.8 cm³/mol.